The van der Waals surface area contributed by atoms with E-state index in [2.05, 4.69) is 10.3 Å². The van der Waals surface area contributed by atoms with Gasteiger partial charge in [0.1, 0.15) is 0 Å². The Morgan fingerprint density at radius 1 is 1.25 bits per heavy atom. The van der Waals surface area contributed by atoms with E-state index >= 15 is 0 Å². The van der Waals surface area contributed by atoms with Gasteiger partial charge in [-0.15, -0.1) is 0 Å². The van der Waals surface area contributed by atoms with E-state index in [1.807, 2.05) is 0 Å². The van der Waals surface area contributed by atoms with E-state index in [0.717, 1.165) is 5.69 Å². The third-order valence-electron chi connectivity index (χ3n) is 1.98. The fourth-order valence-electron chi connectivity index (χ4n) is 1.24. The van der Waals surface area contributed by atoms with Crippen molar-refractivity contribution in [3.63, 3.8) is 0 Å². The number of halogens is 3. The van der Waals surface area contributed by atoms with Crippen LogP contribution in [0.15, 0.2) is 18.5 Å². The van der Waals surface area contributed by atoms with Crippen LogP contribution in [0.4, 0.5) is 24.5 Å². The van der Waals surface area contributed by atoms with E-state index in [1.54, 1.807) is 12.3 Å². The number of nitrogens with one attached hydrogen (secondary N) is 1. The Balaban J connectivity index is 2.17. The van der Waals surface area contributed by atoms with E-state index in [-0.39, 0.29) is 6.42 Å². The van der Waals surface area contributed by atoms with Crippen molar-refractivity contribution in [2.24, 2.45) is 0 Å². The van der Waals surface area contributed by atoms with Gasteiger partial charge in [0.05, 0.1) is 17.6 Å². The molecule has 0 atom stereocenters. The third-order valence-corrected chi connectivity index (χ3v) is 1.98. The molecule has 1 rings (SSSR count). The molecule has 1 heterocycles. The summed E-state index contributed by atoms with van der Waals surface area (Å²) in [5, 5.41) is 2.96. The molecule has 0 spiro atoms. The minimum absolute atomic E-state index is 0.131. The molecule has 0 aliphatic rings. The van der Waals surface area contributed by atoms with Crippen LogP contribution in [0.1, 0.15) is 19.3 Å². The fourth-order valence-corrected chi connectivity index (χ4v) is 1.24. The number of hydrogen-bond donors (Lipinski definition) is 2. The molecule has 1 aromatic rings. The maximum atomic E-state index is 11.8. The number of unbranched alkanes of at least 4 members (excludes halogenated alkanes) is 1. The average Bonchev–Trinajstić information content (AvgIpc) is 2.15. The summed E-state index contributed by atoms with van der Waals surface area (Å²) in [5.41, 5.74) is 6.75. The molecule has 3 nitrogen and oxygen atoms in total. The van der Waals surface area contributed by atoms with Crippen LogP contribution >= 0.6 is 0 Å². The quantitative estimate of drug-likeness (QED) is 0.769. The van der Waals surface area contributed by atoms with Gasteiger partial charge in [0.25, 0.3) is 0 Å². The molecule has 0 aromatic carbocycles. The molecule has 0 saturated carbocycles. The number of aromatic nitrogens is 1. The van der Waals surface area contributed by atoms with Crippen molar-refractivity contribution in [1.29, 1.82) is 0 Å². The van der Waals surface area contributed by atoms with Crippen LogP contribution in [0.3, 0.4) is 0 Å². The summed E-state index contributed by atoms with van der Waals surface area (Å²) in [7, 11) is 0. The highest BCUT2D eigenvalue weighted by Gasteiger charge is 2.25. The maximum Gasteiger partial charge on any atom is 0.389 e. The molecule has 16 heavy (non-hydrogen) atoms. The number of nitrogens with zero attached hydrogens (tertiary/aromatic N) is 1. The van der Waals surface area contributed by atoms with Crippen LogP contribution < -0.4 is 11.1 Å². The second-order valence-electron chi connectivity index (χ2n) is 3.51. The van der Waals surface area contributed by atoms with E-state index < -0.39 is 12.6 Å². The smallest absolute Gasteiger partial charge is 0.389 e. The van der Waals surface area contributed by atoms with Gasteiger partial charge in [0.2, 0.25) is 0 Å². The second kappa shape index (κ2) is 5.58. The molecule has 0 amide bonds. The summed E-state index contributed by atoms with van der Waals surface area (Å²) in [5.74, 6) is 0. The molecular weight excluding hydrogens is 219 g/mol. The van der Waals surface area contributed by atoms with Crippen molar-refractivity contribution in [3.8, 4) is 0 Å². The highest BCUT2D eigenvalue weighted by atomic mass is 19.4. The van der Waals surface area contributed by atoms with Crippen molar-refractivity contribution < 1.29 is 13.2 Å². The highest BCUT2D eigenvalue weighted by molar-refractivity contribution is 5.51. The third kappa shape index (κ3) is 5.43. The number of nitrogen functional groups attached to an aromatic ring is 1. The van der Waals surface area contributed by atoms with Crippen LogP contribution in [-0.4, -0.2) is 17.7 Å². The number of pyridine rings is 1. The van der Waals surface area contributed by atoms with Gasteiger partial charge in [-0.05, 0) is 18.9 Å². The zero-order chi connectivity index (χ0) is 12.0. The molecule has 0 unspecified atom stereocenters. The number of rotatable bonds is 5. The second-order valence-corrected chi connectivity index (χ2v) is 3.51. The Kier molecular flexibility index (Phi) is 4.39. The van der Waals surface area contributed by atoms with Crippen LogP contribution in [0.5, 0.6) is 0 Å². The van der Waals surface area contributed by atoms with Crippen molar-refractivity contribution >= 4 is 11.4 Å². The van der Waals surface area contributed by atoms with Gasteiger partial charge in [0.15, 0.2) is 0 Å². The molecule has 0 saturated heterocycles. The van der Waals surface area contributed by atoms with Crippen LogP contribution in [-0.2, 0) is 0 Å². The predicted molar refractivity (Wildman–Crippen MR) is 57.0 cm³/mol. The molecule has 0 bridgehead atoms. The predicted octanol–water partition coefficient (Wildman–Crippen LogP) is 2.81. The first-order valence-electron chi connectivity index (χ1n) is 4.98. The summed E-state index contributed by atoms with van der Waals surface area (Å²) in [6.45, 7) is 0.487. The number of anilines is 2. The lowest BCUT2D eigenvalue weighted by molar-refractivity contribution is -0.135. The van der Waals surface area contributed by atoms with Crippen molar-refractivity contribution in [2.75, 3.05) is 17.6 Å². The van der Waals surface area contributed by atoms with Gasteiger partial charge in [-0.25, -0.2) is 0 Å². The van der Waals surface area contributed by atoms with E-state index in [4.69, 9.17) is 5.73 Å². The molecule has 0 radical (unpaired) electrons. The first kappa shape index (κ1) is 12.6. The largest absolute Gasteiger partial charge is 0.397 e. The van der Waals surface area contributed by atoms with Crippen molar-refractivity contribution in [3.05, 3.63) is 18.5 Å². The van der Waals surface area contributed by atoms with Gasteiger partial charge < -0.3 is 11.1 Å². The summed E-state index contributed by atoms with van der Waals surface area (Å²) >= 11 is 0. The Hall–Kier alpha value is -1.46. The van der Waals surface area contributed by atoms with Gasteiger partial charge in [0, 0.05) is 19.2 Å². The Labute approximate surface area is 91.9 Å². The molecule has 1 aromatic heterocycles. The standard InChI is InChI=1S/C10H14F3N3/c11-10(12,13)3-1-2-4-16-9-5-8(14)6-15-7-9/h5-7,16H,1-4,14H2. The molecule has 0 aliphatic carbocycles. The first-order chi connectivity index (χ1) is 7.47. The monoisotopic (exact) mass is 233 g/mol. The SMILES string of the molecule is Nc1cncc(NCCCCC(F)(F)F)c1. The molecular formula is C10H14F3N3. The normalized spacial score (nSPS) is 11.4. The zero-order valence-corrected chi connectivity index (χ0v) is 8.72. The summed E-state index contributed by atoms with van der Waals surface area (Å²) in [4.78, 5) is 3.85. The minimum Gasteiger partial charge on any atom is -0.397 e. The lowest BCUT2D eigenvalue weighted by Crippen LogP contribution is -2.08. The van der Waals surface area contributed by atoms with E-state index in [1.165, 1.54) is 6.20 Å². The average molecular weight is 233 g/mol. The highest BCUT2D eigenvalue weighted by Crippen LogP contribution is 2.22. The lowest BCUT2D eigenvalue weighted by atomic mass is 10.2. The topological polar surface area (TPSA) is 50.9 Å². The molecule has 0 aliphatic heterocycles. The first-order valence-corrected chi connectivity index (χ1v) is 4.98. The lowest BCUT2D eigenvalue weighted by Gasteiger charge is -2.07. The van der Waals surface area contributed by atoms with Crippen LogP contribution in [0.2, 0.25) is 0 Å². The zero-order valence-electron chi connectivity index (χ0n) is 8.72. The molecule has 0 fully saturated rings. The van der Waals surface area contributed by atoms with Crippen molar-refractivity contribution in [1.82, 2.24) is 4.98 Å². The number of alkyl halides is 3. The fraction of sp³-hybridized carbons (Fsp3) is 0.500. The summed E-state index contributed by atoms with van der Waals surface area (Å²) < 4.78 is 35.4. The van der Waals surface area contributed by atoms with E-state index in [0.29, 0.717) is 18.7 Å². The Morgan fingerprint density at radius 2 is 2.00 bits per heavy atom. The van der Waals surface area contributed by atoms with Gasteiger partial charge >= 0.3 is 6.18 Å². The van der Waals surface area contributed by atoms with Gasteiger partial charge in [-0.1, -0.05) is 0 Å². The van der Waals surface area contributed by atoms with Crippen molar-refractivity contribution in [2.45, 2.75) is 25.4 Å². The van der Waals surface area contributed by atoms with Crippen LogP contribution in [0, 0.1) is 0 Å². The number of nitrogens with two attached hydrogens (primary N) is 1. The maximum absolute atomic E-state index is 11.8. The molecule has 90 valence electrons. The molecule has 6 heteroatoms. The Bertz CT molecular complexity index is 325. The molecule has 3 N–H and O–H groups in total. The van der Waals surface area contributed by atoms with E-state index in [9.17, 15) is 13.2 Å². The number of hydrogen-bond acceptors (Lipinski definition) is 3. The van der Waals surface area contributed by atoms with Gasteiger partial charge in [-0.3, -0.25) is 4.98 Å². The Morgan fingerprint density at radius 3 is 2.62 bits per heavy atom. The van der Waals surface area contributed by atoms with Crippen LogP contribution in [0.25, 0.3) is 0 Å². The minimum atomic E-state index is -4.06. The summed E-state index contributed by atoms with van der Waals surface area (Å²) in [6, 6.07) is 1.69. The summed E-state index contributed by atoms with van der Waals surface area (Å²) in [6.07, 6.45) is -1.10. The van der Waals surface area contributed by atoms with Gasteiger partial charge in [-0.2, -0.15) is 13.2 Å².